The first-order chi connectivity index (χ1) is 7.86. The molecule has 0 fully saturated rings. The molecule has 0 saturated carbocycles. The molecule has 1 aliphatic heterocycles. The molecule has 0 amide bonds. The lowest BCUT2D eigenvalue weighted by molar-refractivity contribution is 0.109. The van der Waals surface area contributed by atoms with E-state index in [-0.39, 0.29) is 0 Å². The first kappa shape index (κ1) is 9.42. The summed E-state index contributed by atoms with van der Waals surface area (Å²) in [6.45, 7) is 1.41. The van der Waals surface area contributed by atoms with Crippen LogP contribution in [-0.2, 0) is 17.8 Å². The van der Waals surface area contributed by atoms with E-state index < -0.39 is 0 Å². The second-order valence-electron chi connectivity index (χ2n) is 3.89. The molecule has 0 saturated heterocycles. The van der Waals surface area contributed by atoms with Crippen LogP contribution in [0.1, 0.15) is 11.3 Å². The minimum absolute atomic E-state index is 0.655. The van der Waals surface area contributed by atoms with Gasteiger partial charge < -0.3 is 10.5 Å². The van der Waals surface area contributed by atoms with Crippen molar-refractivity contribution in [1.82, 2.24) is 9.78 Å². The Morgan fingerprint density at radius 3 is 3.06 bits per heavy atom. The predicted molar refractivity (Wildman–Crippen MR) is 61.3 cm³/mol. The van der Waals surface area contributed by atoms with Gasteiger partial charge in [0.25, 0.3) is 0 Å². The van der Waals surface area contributed by atoms with E-state index in [2.05, 4.69) is 5.10 Å². The van der Waals surface area contributed by atoms with E-state index in [1.807, 2.05) is 35.1 Å². The summed E-state index contributed by atoms with van der Waals surface area (Å²) < 4.78 is 7.31. The van der Waals surface area contributed by atoms with E-state index in [4.69, 9.17) is 10.5 Å². The van der Waals surface area contributed by atoms with Crippen LogP contribution in [0.2, 0.25) is 0 Å². The number of rotatable bonds is 1. The largest absolute Gasteiger partial charge is 0.397 e. The van der Waals surface area contributed by atoms with Gasteiger partial charge in [0.05, 0.1) is 36.5 Å². The number of benzene rings is 1. The van der Waals surface area contributed by atoms with E-state index in [0.717, 1.165) is 30.0 Å². The van der Waals surface area contributed by atoms with Crippen LogP contribution in [0.15, 0.2) is 30.5 Å². The fourth-order valence-electron chi connectivity index (χ4n) is 2.03. The van der Waals surface area contributed by atoms with Crippen molar-refractivity contribution in [2.24, 2.45) is 0 Å². The molecule has 0 unspecified atom stereocenters. The minimum atomic E-state index is 0.655. The second kappa shape index (κ2) is 3.64. The molecule has 0 spiro atoms. The highest BCUT2D eigenvalue weighted by Gasteiger charge is 2.16. The van der Waals surface area contributed by atoms with Crippen LogP contribution < -0.4 is 5.73 Å². The average molecular weight is 215 g/mol. The van der Waals surface area contributed by atoms with Crippen molar-refractivity contribution in [3.05, 3.63) is 41.7 Å². The minimum Gasteiger partial charge on any atom is -0.397 e. The summed E-state index contributed by atoms with van der Waals surface area (Å²) >= 11 is 0. The zero-order valence-electron chi connectivity index (χ0n) is 8.89. The Morgan fingerprint density at radius 1 is 1.31 bits per heavy atom. The Bertz CT molecular complexity index is 519. The lowest BCUT2D eigenvalue weighted by atomic mass is 10.1. The van der Waals surface area contributed by atoms with Gasteiger partial charge in [0.2, 0.25) is 0 Å². The first-order valence-corrected chi connectivity index (χ1v) is 5.34. The number of hydrogen-bond acceptors (Lipinski definition) is 3. The van der Waals surface area contributed by atoms with Gasteiger partial charge in [-0.25, -0.2) is 4.68 Å². The summed E-state index contributed by atoms with van der Waals surface area (Å²) in [5, 5.41) is 4.39. The molecule has 82 valence electrons. The maximum absolute atomic E-state index is 5.95. The third-order valence-electron chi connectivity index (χ3n) is 2.86. The van der Waals surface area contributed by atoms with E-state index in [9.17, 15) is 0 Å². The number of nitrogens with two attached hydrogens (primary N) is 1. The van der Waals surface area contributed by atoms with Crippen LogP contribution in [-0.4, -0.2) is 16.4 Å². The van der Waals surface area contributed by atoms with E-state index >= 15 is 0 Å². The molecule has 0 atom stereocenters. The summed E-state index contributed by atoms with van der Waals surface area (Å²) in [7, 11) is 0. The highest BCUT2D eigenvalue weighted by Crippen LogP contribution is 2.23. The molecule has 1 aromatic carbocycles. The molecule has 0 radical (unpaired) electrons. The molecule has 4 nitrogen and oxygen atoms in total. The van der Waals surface area contributed by atoms with E-state index in [1.54, 1.807) is 0 Å². The normalized spacial score (nSPS) is 14.8. The molecule has 3 rings (SSSR count). The van der Waals surface area contributed by atoms with E-state index in [1.165, 1.54) is 5.69 Å². The summed E-state index contributed by atoms with van der Waals surface area (Å²) in [5.41, 5.74) is 10.0. The SMILES string of the molecule is Nc1ccccc1-n1ncc2c1CCOC2. The maximum atomic E-state index is 5.95. The standard InChI is InChI=1S/C12H13N3O/c13-10-3-1-2-4-12(10)15-11-5-6-16-8-9(11)7-14-15/h1-4,7H,5-6,8,13H2. The van der Waals surface area contributed by atoms with Gasteiger partial charge in [0.15, 0.2) is 0 Å². The summed E-state index contributed by atoms with van der Waals surface area (Å²) in [6, 6.07) is 7.78. The monoisotopic (exact) mass is 215 g/mol. The van der Waals surface area contributed by atoms with Gasteiger partial charge >= 0.3 is 0 Å². The molecule has 1 aromatic heterocycles. The predicted octanol–water partition coefficient (Wildman–Crippen LogP) is 1.53. The number of ether oxygens (including phenoxy) is 1. The summed E-state index contributed by atoms with van der Waals surface area (Å²) in [4.78, 5) is 0. The summed E-state index contributed by atoms with van der Waals surface area (Å²) in [5.74, 6) is 0. The highest BCUT2D eigenvalue weighted by atomic mass is 16.5. The number of nitrogens with zero attached hydrogens (tertiary/aromatic N) is 2. The van der Waals surface area contributed by atoms with Crippen molar-refractivity contribution < 1.29 is 4.74 Å². The van der Waals surface area contributed by atoms with Crippen molar-refractivity contribution in [1.29, 1.82) is 0 Å². The fraction of sp³-hybridized carbons (Fsp3) is 0.250. The Hall–Kier alpha value is -1.81. The molecule has 2 aromatic rings. The molecule has 16 heavy (non-hydrogen) atoms. The van der Waals surface area contributed by atoms with Crippen molar-refractivity contribution in [3.63, 3.8) is 0 Å². The van der Waals surface area contributed by atoms with Crippen LogP contribution in [0.25, 0.3) is 5.69 Å². The molecule has 1 aliphatic rings. The van der Waals surface area contributed by atoms with Crippen molar-refractivity contribution >= 4 is 5.69 Å². The zero-order chi connectivity index (χ0) is 11.0. The number of para-hydroxylation sites is 2. The van der Waals surface area contributed by atoms with Gasteiger partial charge in [-0.2, -0.15) is 5.10 Å². The van der Waals surface area contributed by atoms with E-state index in [0.29, 0.717) is 6.61 Å². The quantitative estimate of drug-likeness (QED) is 0.734. The molecule has 0 bridgehead atoms. The number of hydrogen-bond donors (Lipinski definition) is 1. The maximum Gasteiger partial charge on any atom is 0.0878 e. The van der Waals surface area contributed by atoms with Crippen molar-refractivity contribution in [2.45, 2.75) is 13.0 Å². The van der Waals surface area contributed by atoms with Gasteiger partial charge in [-0.1, -0.05) is 12.1 Å². The topological polar surface area (TPSA) is 53.1 Å². The third-order valence-corrected chi connectivity index (χ3v) is 2.86. The number of aromatic nitrogens is 2. The zero-order valence-corrected chi connectivity index (χ0v) is 8.89. The Balaban J connectivity index is 2.13. The fourth-order valence-corrected chi connectivity index (χ4v) is 2.03. The van der Waals surface area contributed by atoms with Gasteiger partial charge in [-0.15, -0.1) is 0 Å². The van der Waals surface area contributed by atoms with Gasteiger partial charge in [0.1, 0.15) is 0 Å². The number of fused-ring (bicyclic) bond motifs is 1. The van der Waals surface area contributed by atoms with Crippen molar-refractivity contribution in [3.8, 4) is 5.69 Å². The second-order valence-corrected chi connectivity index (χ2v) is 3.89. The molecule has 2 N–H and O–H groups in total. The molecule has 2 heterocycles. The molecular weight excluding hydrogens is 202 g/mol. The van der Waals surface area contributed by atoms with Crippen LogP contribution in [0.3, 0.4) is 0 Å². The van der Waals surface area contributed by atoms with Crippen LogP contribution in [0, 0.1) is 0 Å². The molecular formula is C12H13N3O. The summed E-state index contributed by atoms with van der Waals surface area (Å²) in [6.07, 6.45) is 2.75. The van der Waals surface area contributed by atoms with Gasteiger partial charge in [-0.05, 0) is 12.1 Å². The van der Waals surface area contributed by atoms with Crippen molar-refractivity contribution in [2.75, 3.05) is 12.3 Å². The first-order valence-electron chi connectivity index (χ1n) is 5.34. The molecule has 4 heteroatoms. The van der Waals surface area contributed by atoms with Crippen LogP contribution in [0.5, 0.6) is 0 Å². The Labute approximate surface area is 93.6 Å². The van der Waals surface area contributed by atoms with Crippen LogP contribution in [0.4, 0.5) is 5.69 Å². The average Bonchev–Trinajstić information content (AvgIpc) is 2.74. The smallest absolute Gasteiger partial charge is 0.0878 e. The highest BCUT2D eigenvalue weighted by molar-refractivity contribution is 5.57. The molecule has 0 aliphatic carbocycles. The van der Waals surface area contributed by atoms with Gasteiger partial charge in [0, 0.05) is 12.0 Å². The van der Waals surface area contributed by atoms with Crippen LogP contribution >= 0.6 is 0 Å². The lowest BCUT2D eigenvalue weighted by Gasteiger charge is -2.15. The van der Waals surface area contributed by atoms with Gasteiger partial charge in [-0.3, -0.25) is 0 Å². The Morgan fingerprint density at radius 2 is 2.19 bits per heavy atom. The Kier molecular flexibility index (Phi) is 2.15. The number of nitrogen functional groups attached to an aromatic ring is 1. The lowest BCUT2D eigenvalue weighted by Crippen LogP contribution is -2.13. The number of anilines is 1. The third kappa shape index (κ3) is 1.39.